The van der Waals surface area contributed by atoms with Gasteiger partial charge in [-0.05, 0) is 93.6 Å². The van der Waals surface area contributed by atoms with Crippen molar-refractivity contribution >= 4 is 64.6 Å². The van der Waals surface area contributed by atoms with E-state index in [0.717, 1.165) is 0 Å². The number of rotatable bonds is 9. The Labute approximate surface area is 293 Å². The lowest BCUT2D eigenvalue weighted by molar-refractivity contribution is 0.400. The molecule has 0 atom stereocenters. The van der Waals surface area contributed by atoms with Crippen LogP contribution in [0.5, 0.6) is 0 Å². The number of anilines is 6. The largest absolute Gasteiger partial charge is 0.399 e. The normalized spacial score (nSPS) is 11.4. The first kappa shape index (κ1) is 37.8. The minimum atomic E-state index is -3.64. The quantitative estimate of drug-likeness (QED) is 0.113. The Morgan fingerprint density at radius 1 is 0.431 bits per heavy atom. The average Bonchev–Trinajstić information content (AvgIpc) is 3.78. The summed E-state index contributed by atoms with van der Waals surface area (Å²) in [6.07, 6.45) is 0. The Morgan fingerprint density at radius 2 is 0.647 bits per heavy atom. The SMILES string of the molecule is Cc1cc(NS(=O)(=O)c2ccc(N)cc2)no1.Cc1cc(NS(=O)(=O)c2ccc(N)cc2)no1.Cc1cc(NS(=O)(=O)c2ccc(N)cc2)no1. The van der Waals surface area contributed by atoms with Gasteiger partial charge < -0.3 is 30.8 Å². The van der Waals surface area contributed by atoms with Crippen molar-refractivity contribution in [3.63, 3.8) is 0 Å². The van der Waals surface area contributed by atoms with E-state index >= 15 is 0 Å². The number of nitrogen functional groups attached to an aromatic ring is 3. The zero-order chi connectivity index (χ0) is 37.4. The van der Waals surface area contributed by atoms with Gasteiger partial charge in [-0.15, -0.1) is 0 Å². The van der Waals surface area contributed by atoms with Crippen LogP contribution in [0.2, 0.25) is 0 Å². The van der Waals surface area contributed by atoms with Gasteiger partial charge >= 0.3 is 0 Å². The molecule has 0 aliphatic carbocycles. The van der Waals surface area contributed by atoms with Gasteiger partial charge in [0.25, 0.3) is 30.1 Å². The van der Waals surface area contributed by atoms with E-state index in [2.05, 4.69) is 29.6 Å². The van der Waals surface area contributed by atoms with Crippen LogP contribution in [-0.4, -0.2) is 40.7 Å². The highest BCUT2D eigenvalue weighted by molar-refractivity contribution is 7.93. The standard InChI is InChI=1S/3C10H11N3O3S/c3*1-7-6-10(12-16-7)13-17(14,15)9-4-2-8(11)3-5-9/h3*2-6H,11H2,1H3,(H,12,13). The first-order valence-electron chi connectivity index (χ1n) is 14.4. The molecule has 0 spiro atoms. The van der Waals surface area contributed by atoms with E-state index in [0.29, 0.717) is 34.3 Å². The minimum Gasteiger partial charge on any atom is -0.399 e. The fourth-order valence-electron chi connectivity index (χ4n) is 3.77. The van der Waals surface area contributed by atoms with Gasteiger partial charge in [0.1, 0.15) is 17.3 Å². The summed E-state index contributed by atoms with van der Waals surface area (Å²) in [6, 6.07) is 22.1. The molecule has 0 amide bonds. The predicted molar refractivity (Wildman–Crippen MR) is 189 cm³/mol. The van der Waals surface area contributed by atoms with Gasteiger partial charge in [-0.2, -0.15) is 0 Å². The molecule has 0 aliphatic heterocycles. The van der Waals surface area contributed by atoms with E-state index in [1.54, 1.807) is 20.8 Å². The molecule has 6 aromatic rings. The van der Waals surface area contributed by atoms with Crippen LogP contribution in [0.4, 0.5) is 34.5 Å². The van der Waals surface area contributed by atoms with Crippen LogP contribution in [0, 0.1) is 20.8 Å². The van der Waals surface area contributed by atoms with Crippen molar-refractivity contribution in [3.05, 3.63) is 108 Å². The van der Waals surface area contributed by atoms with Crippen molar-refractivity contribution in [1.29, 1.82) is 0 Å². The van der Waals surface area contributed by atoms with Crippen molar-refractivity contribution < 1.29 is 38.8 Å². The molecule has 21 heteroatoms. The van der Waals surface area contributed by atoms with Crippen LogP contribution in [0.15, 0.2) is 119 Å². The summed E-state index contributed by atoms with van der Waals surface area (Å²) < 4.78 is 92.5. The topological polar surface area (TPSA) is 295 Å². The summed E-state index contributed by atoms with van der Waals surface area (Å²) >= 11 is 0. The van der Waals surface area contributed by atoms with Crippen molar-refractivity contribution in [2.45, 2.75) is 35.5 Å². The third-order valence-electron chi connectivity index (χ3n) is 6.17. The van der Waals surface area contributed by atoms with E-state index in [4.69, 9.17) is 30.8 Å². The molecule has 3 heterocycles. The van der Waals surface area contributed by atoms with E-state index in [1.165, 1.54) is 91.0 Å². The maximum atomic E-state index is 11.9. The second-order valence-corrected chi connectivity index (χ2v) is 15.5. The van der Waals surface area contributed by atoms with Crippen LogP contribution >= 0.6 is 0 Å². The Bertz CT molecular complexity index is 2120. The van der Waals surface area contributed by atoms with Crippen molar-refractivity contribution in [2.75, 3.05) is 31.4 Å². The number of aryl methyl sites for hydroxylation is 3. The number of aromatic nitrogens is 3. The fraction of sp³-hybridized carbons (Fsp3) is 0.100. The van der Waals surface area contributed by atoms with Crippen LogP contribution in [0.1, 0.15) is 17.3 Å². The Hall–Kier alpha value is -6.06. The summed E-state index contributed by atoms with van der Waals surface area (Å²) in [6.45, 7) is 5.02. The maximum Gasteiger partial charge on any atom is 0.263 e. The van der Waals surface area contributed by atoms with Crippen LogP contribution in [0.25, 0.3) is 0 Å². The summed E-state index contributed by atoms with van der Waals surface area (Å²) in [5.74, 6) is 2.04. The smallest absolute Gasteiger partial charge is 0.263 e. The lowest BCUT2D eigenvalue weighted by Gasteiger charge is -2.04. The molecule has 0 fully saturated rings. The lowest BCUT2D eigenvalue weighted by Crippen LogP contribution is -2.13. The highest BCUT2D eigenvalue weighted by Gasteiger charge is 2.18. The molecule has 51 heavy (non-hydrogen) atoms. The Morgan fingerprint density at radius 3 is 0.824 bits per heavy atom. The number of hydrogen-bond acceptors (Lipinski definition) is 15. The number of sulfonamides is 3. The van der Waals surface area contributed by atoms with Crippen molar-refractivity contribution in [3.8, 4) is 0 Å². The third-order valence-corrected chi connectivity index (χ3v) is 10.3. The van der Waals surface area contributed by atoms with Crippen molar-refractivity contribution in [1.82, 2.24) is 15.5 Å². The third kappa shape index (κ3) is 11.0. The zero-order valence-corrected chi connectivity index (χ0v) is 29.6. The highest BCUT2D eigenvalue weighted by atomic mass is 32.2. The van der Waals surface area contributed by atoms with E-state index < -0.39 is 30.1 Å². The van der Waals surface area contributed by atoms with Crippen LogP contribution < -0.4 is 31.4 Å². The molecule has 6 rings (SSSR count). The van der Waals surface area contributed by atoms with Crippen LogP contribution in [-0.2, 0) is 30.1 Å². The van der Waals surface area contributed by atoms with Crippen LogP contribution in [0.3, 0.4) is 0 Å². The molecular formula is C30H33N9O9S3. The highest BCUT2D eigenvalue weighted by Crippen LogP contribution is 2.19. The molecule has 0 bridgehead atoms. The summed E-state index contributed by atoms with van der Waals surface area (Å²) in [5.41, 5.74) is 18.0. The van der Waals surface area contributed by atoms with E-state index in [9.17, 15) is 25.3 Å². The molecule has 270 valence electrons. The maximum absolute atomic E-state index is 11.9. The first-order chi connectivity index (χ1) is 23.9. The number of benzene rings is 3. The van der Waals surface area contributed by atoms with Gasteiger partial charge in [-0.25, -0.2) is 25.3 Å². The second-order valence-electron chi connectivity index (χ2n) is 10.5. The van der Waals surface area contributed by atoms with Gasteiger partial charge in [0.05, 0.1) is 14.7 Å². The number of hydrogen-bond donors (Lipinski definition) is 6. The molecule has 18 nitrogen and oxygen atoms in total. The molecule has 0 saturated carbocycles. The molecular weight excluding hydrogens is 727 g/mol. The van der Waals surface area contributed by atoms with E-state index in [1.807, 2.05) is 0 Å². The molecule has 0 saturated heterocycles. The molecule has 0 unspecified atom stereocenters. The zero-order valence-electron chi connectivity index (χ0n) is 27.1. The molecule has 3 aromatic carbocycles. The summed E-state index contributed by atoms with van der Waals surface area (Å²) in [5, 5.41) is 10.7. The second kappa shape index (κ2) is 15.7. The van der Waals surface area contributed by atoms with Crippen molar-refractivity contribution in [2.24, 2.45) is 0 Å². The minimum absolute atomic E-state index is 0.118. The predicted octanol–water partition coefficient (Wildman–Crippen LogP) is 4.10. The first-order valence-corrected chi connectivity index (χ1v) is 18.8. The number of nitrogens with two attached hydrogens (primary N) is 3. The van der Waals surface area contributed by atoms with Gasteiger partial charge in [0.2, 0.25) is 0 Å². The Kier molecular flexibility index (Phi) is 11.6. The molecule has 9 N–H and O–H groups in total. The molecule has 0 aliphatic rings. The lowest BCUT2D eigenvalue weighted by atomic mass is 10.3. The molecule has 3 aromatic heterocycles. The van der Waals surface area contributed by atoms with Gasteiger partial charge in [-0.3, -0.25) is 14.2 Å². The fourth-order valence-corrected chi connectivity index (χ4v) is 6.73. The van der Waals surface area contributed by atoms with Gasteiger partial charge in [-0.1, -0.05) is 15.5 Å². The Balaban J connectivity index is 0.000000172. The van der Waals surface area contributed by atoms with E-state index in [-0.39, 0.29) is 32.1 Å². The molecule has 0 radical (unpaired) electrons. The average molecular weight is 760 g/mol. The number of nitrogens with one attached hydrogen (secondary N) is 3. The van der Waals surface area contributed by atoms with Gasteiger partial charge in [0.15, 0.2) is 17.5 Å². The van der Waals surface area contributed by atoms with Gasteiger partial charge in [0, 0.05) is 35.3 Å². The number of nitrogens with zero attached hydrogens (tertiary/aromatic N) is 3. The summed E-state index contributed by atoms with van der Waals surface area (Å²) in [4.78, 5) is 0.354. The summed E-state index contributed by atoms with van der Waals surface area (Å²) in [7, 11) is -10.9. The monoisotopic (exact) mass is 759 g/mol.